The Balaban J connectivity index is 1.73. The van der Waals surface area contributed by atoms with Crippen molar-refractivity contribution in [3.8, 4) is 11.6 Å². The number of hydrogen-bond donors (Lipinski definition) is 1. The molecule has 3 rings (SSSR count). The molecule has 1 aromatic heterocycles. The molecule has 134 valence electrons. The van der Waals surface area contributed by atoms with Gasteiger partial charge in [0.25, 0.3) is 0 Å². The smallest absolute Gasteiger partial charge is 0.302 e. The Labute approximate surface area is 159 Å². The summed E-state index contributed by atoms with van der Waals surface area (Å²) in [4.78, 5) is 12.0. The molecule has 0 bridgehead atoms. The third-order valence-corrected chi connectivity index (χ3v) is 4.55. The minimum atomic E-state index is -0.532. The van der Waals surface area contributed by atoms with E-state index in [-0.39, 0.29) is 18.2 Å². The van der Waals surface area contributed by atoms with Gasteiger partial charge >= 0.3 is 5.91 Å². The van der Waals surface area contributed by atoms with Gasteiger partial charge in [-0.25, -0.2) is 0 Å². The van der Waals surface area contributed by atoms with Gasteiger partial charge < -0.3 is 14.4 Å². The van der Waals surface area contributed by atoms with Crippen LogP contribution in [0.25, 0.3) is 10.9 Å². The van der Waals surface area contributed by atoms with Gasteiger partial charge in [-0.2, -0.15) is 0 Å². The second kappa shape index (κ2) is 7.70. The van der Waals surface area contributed by atoms with E-state index in [1.165, 1.54) is 5.56 Å². The lowest BCUT2D eigenvalue weighted by Crippen LogP contribution is -2.07. The number of nitrogens with zero attached hydrogens (tertiary/aromatic N) is 3. The zero-order valence-corrected chi connectivity index (χ0v) is 16.0. The Hall–Kier alpha value is -2.67. The van der Waals surface area contributed by atoms with Crippen LogP contribution in [0.4, 0.5) is 5.69 Å². The number of carbonyl (C=O) groups is 1. The summed E-state index contributed by atoms with van der Waals surface area (Å²) in [5, 5.41) is 18.5. The van der Waals surface area contributed by atoms with Crippen molar-refractivity contribution in [1.82, 2.24) is 4.57 Å². The highest BCUT2D eigenvalue weighted by molar-refractivity contribution is 9.10. The number of aromatic hydroxyl groups is 1. The predicted octanol–water partition coefficient (Wildman–Crippen LogP) is 4.90. The fourth-order valence-electron chi connectivity index (χ4n) is 2.58. The molecular formula is C19H18BrN3O3. The normalized spacial score (nSPS) is 11.3. The summed E-state index contributed by atoms with van der Waals surface area (Å²) in [7, 11) is 1.72. The average Bonchev–Trinajstić information content (AvgIpc) is 2.88. The first kappa shape index (κ1) is 18.1. The molecule has 1 heterocycles. The standard InChI is InChI=1S/C19H18BrN3O3/c1-3-12-4-7-14(8-5-12)26-11-17(24)21-22-18-15-10-13(20)6-9-16(15)23(2)19(18)25/h4-10,25H,3,11H2,1-2H3. The Bertz CT molecular complexity index is 978. The van der Waals surface area contributed by atoms with E-state index >= 15 is 0 Å². The number of rotatable bonds is 5. The van der Waals surface area contributed by atoms with Crippen molar-refractivity contribution >= 4 is 38.4 Å². The van der Waals surface area contributed by atoms with Crippen LogP contribution in [0.5, 0.6) is 11.6 Å². The molecule has 2 aromatic carbocycles. The highest BCUT2D eigenvalue weighted by atomic mass is 79.9. The molecule has 1 N–H and O–H groups in total. The van der Waals surface area contributed by atoms with Gasteiger partial charge in [-0.05, 0) is 42.3 Å². The van der Waals surface area contributed by atoms with Crippen LogP contribution in [-0.2, 0) is 18.3 Å². The first-order chi connectivity index (χ1) is 12.5. The van der Waals surface area contributed by atoms with Gasteiger partial charge in [-0.15, -0.1) is 10.2 Å². The number of aryl methyl sites for hydroxylation is 2. The van der Waals surface area contributed by atoms with Crippen LogP contribution in [-0.4, -0.2) is 22.2 Å². The first-order valence-electron chi connectivity index (χ1n) is 8.12. The molecule has 0 spiro atoms. The maximum Gasteiger partial charge on any atom is 0.302 e. The van der Waals surface area contributed by atoms with Gasteiger partial charge in [0.2, 0.25) is 5.88 Å². The molecule has 0 fully saturated rings. The van der Waals surface area contributed by atoms with E-state index in [0.717, 1.165) is 16.4 Å². The Morgan fingerprint density at radius 3 is 2.65 bits per heavy atom. The molecule has 0 radical (unpaired) electrons. The molecule has 26 heavy (non-hydrogen) atoms. The quantitative estimate of drug-likeness (QED) is 0.602. The van der Waals surface area contributed by atoms with E-state index in [1.807, 2.05) is 42.5 Å². The lowest BCUT2D eigenvalue weighted by molar-refractivity contribution is -0.120. The van der Waals surface area contributed by atoms with E-state index < -0.39 is 5.91 Å². The monoisotopic (exact) mass is 415 g/mol. The maximum absolute atomic E-state index is 12.0. The first-order valence-corrected chi connectivity index (χ1v) is 8.92. The summed E-state index contributed by atoms with van der Waals surface area (Å²) in [5.74, 6) is 0.0179. The van der Waals surface area contributed by atoms with Crippen LogP contribution >= 0.6 is 15.9 Å². The van der Waals surface area contributed by atoms with Gasteiger partial charge in [0.15, 0.2) is 12.3 Å². The lowest BCUT2D eigenvalue weighted by Gasteiger charge is -2.03. The summed E-state index contributed by atoms with van der Waals surface area (Å²) in [5.41, 5.74) is 2.24. The molecule has 0 aliphatic rings. The molecular weight excluding hydrogens is 398 g/mol. The highest BCUT2D eigenvalue weighted by Crippen LogP contribution is 2.39. The number of amides is 1. The van der Waals surface area contributed by atoms with Crippen molar-refractivity contribution < 1.29 is 14.6 Å². The number of carbonyl (C=O) groups excluding carboxylic acids is 1. The predicted molar refractivity (Wildman–Crippen MR) is 103 cm³/mol. The number of fused-ring (bicyclic) bond motifs is 1. The van der Waals surface area contributed by atoms with Crippen molar-refractivity contribution in [1.29, 1.82) is 0 Å². The molecule has 0 saturated heterocycles. The molecule has 0 unspecified atom stereocenters. The van der Waals surface area contributed by atoms with Crippen molar-refractivity contribution in [3.63, 3.8) is 0 Å². The SMILES string of the molecule is CCc1ccc(OCC(=O)N=Nc2c(O)n(C)c3ccc(Br)cc23)cc1. The van der Waals surface area contributed by atoms with Crippen LogP contribution in [0.1, 0.15) is 12.5 Å². The number of ether oxygens (including phenoxy) is 1. The summed E-state index contributed by atoms with van der Waals surface area (Å²) in [6.07, 6.45) is 0.943. The number of hydrogen-bond acceptors (Lipinski definition) is 4. The van der Waals surface area contributed by atoms with E-state index in [0.29, 0.717) is 11.1 Å². The van der Waals surface area contributed by atoms with Gasteiger partial charge in [0.05, 0.1) is 5.52 Å². The van der Waals surface area contributed by atoms with Gasteiger partial charge in [0.1, 0.15) is 5.75 Å². The largest absolute Gasteiger partial charge is 0.493 e. The second-order valence-electron chi connectivity index (χ2n) is 5.77. The van der Waals surface area contributed by atoms with Crippen molar-refractivity contribution in [2.75, 3.05) is 6.61 Å². The fraction of sp³-hybridized carbons (Fsp3) is 0.211. The van der Waals surface area contributed by atoms with Crippen molar-refractivity contribution in [3.05, 3.63) is 52.5 Å². The third-order valence-electron chi connectivity index (χ3n) is 4.06. The Morgan fingerprint density at radius 2 is 1.96 bits per heavy atom. The van der Waals surface area contributed by atoms with Crippen LogP contribution in [0, 0.1) is 0 Å². The number of halogens is 1. The molecule has 0 atom stereocenters. The van der Waals surface area contributed by atoms with Crippen LogP contribution in [0.3, 0.4) is 0 Å². The van der Waals surface area contributed by atoms with E-state index in [2.05, 4.69) is 33.1 Å². The topological polar surface area (TPSA) is 76.2 Å². The molecule has 0 aliphatic heterocycles. The molecule has 6 nitrogen and oxygen atoms in total. The lowest BCUT2D eigenvalue weighted by atomic mass is 10.2. The summed E-state index contributed by atoms with van der Waals surface area (Å²) in [6, 6.07) is 13.1. The third kappa shape index (κ3) is 3.77. The molecule has 0 saturated carbocycles. The van der Waals surface area contributed by atoms with E-state index in [1.54, 1.807) is 11.6 Å². The molecule has 3 aromatic rings. The van der Waals surface area contributed by atoms with E-state index in [9.17, 15) is 9.90 Å². The zero-order chi connectivity index (χ0) is 18.7. The van der Waals surface area contributed by atoms with Crippen LogP contribution in [0.2, 0.25) is 0 Å². The number of aromatic nitrogens is 1. The Kier molecular flexibility index (Phi) is 5.37. The average molecular weight is 416 g/mol. The van der Waals surface area contributed by atoms with Gasteiger partial charge in [-0.1, -0.05) is 35.0 Å². The molecule has 7 heteroatoms. The number of benzene rings is 2. The van der Waals surface area contributed by atoms with Crippen molar-refractivity contribution in [2.24, 2.45) is 17.3 Å². The summed E-state index contributed by atoms with van der Waals surface area (Å²) in [6.45, 7) is 1.85. The zero-order valence-electron chi connectivity index (χ0n) is 14.4. The van der Waals surface area contributed by atoms with Crippen LogP contribution < -0.4 is 4.74 Å². The molecule has 0 aliphatic carbocycles. The minimum absolute atomic E-state index is 0.0503. The molecule has 1 amide bonds. The van der Waals surface area contributed by atoms with Crippen LogP contribution in [0.15, 0.2) is 57.2 Å². The second-order valence-corrected chi connectivity index (χ2v) is 6.69. The van der Waals surface area contributed by atoms with Gasteiger partial charge in [0, 0.05) is 16.9 Å². The minimum Gasteiger partial charge on any atom is -0.493 e. The van der Waals surface area contributed by atoms with Crippen molar-refractivity contribution in [2.45, 2.75) is 13.3 Å². The van der Waals surface area contributed by atoms with E-state index in [4.69, 9.17) is 4.74 Å². The summed E-state index contributed by atoms with van der Waals surface area (Å²) >= 11 is 3.39. The highest BCUT2D eigenvalue weighted by Gasteiger charge is 2.15. The number of azo groups is 1. The Morgan fingerprint density at radius 1 is 1.23 bits per heavy atom. The maximum atomic E-state index is 12.0. The fourth-order valence-corrected chi connectivity index (χ4v) is 2.94. The van der Waals surface area contributed by atoms with Gasteiger partial charge in [-0.3, -0.25) is 4.79 Å². The summed E-state index contributed by atoms with van der Waals surface area (Å²) < 4.78 is 7.85.